The highest BCUT2D eigenvalue weighted by Gasteiger charge is 1.97. The van der Waals surface area contributed by atoms with E-state index in [-0.39, 0.29) is 17.0 Å². The average Bonchev–Trinajstić information content (AvgIpc) is 1.85. The van der Waals surface area contributed by atoms with E-state index in [0.29, 0.717) is 0 Å². The standard InChI is InChI=1S/C8H12N2S.BrH/c1-4-11-8-9-6(2)5-7(3)10-8;/h5H,4H2,1-3H3;1H. The molecular weight excluding hydrogens is 236 g/mol. The van der Waals surface area contributed by atoms with Crippen LogP contribution in [-0.2, 0) is 0 Å². The monoisotopic (exact) mass is 248 g/mol. The SMILES string of the molecule is Br.CCSc1nc(C)cc(C)n1. The molecule has 1 aromatic heterocycles. The highest BCUT2D eigenvalue weighted by Crippen LogP contribution is 2.12. The zero-order valence-electron chi connectivity index (χ0n) is 7.50. The van der Waals surface area contributed by atoms with Gasteiger partial charge in [-0.1, -0.05) is 18.7 Å². The summed E-state index contributed by atoms with van der Waals surface area (Å²) in [5.74, 6) is 1.03. The zero-order chi connectivity index (χ0) is 8.27. The number of thioether (sulfide) groups is 1. The number of rotatable bonds is 2. The first kappa shape index (κ1) is 11.9. The third-order valence-electron chi connectivity index (χ3n) is 1.24. The number of halogens is 1. The Hall–Kier alpha value is -0.0900. The van der Waals surface area contributed by atoms with Gasteiger partial charge < -0.3 is 0 Å². The molecule has 0 aliphatic heterocycles. The van der Waals surface area contributed by atoms with Crippen molar-refractivity contribution in [1.29, 1.82) is 0 Å². The topological polar surface area (TPSA) is 25.8 Å². The molecule has 0 aliphatic rings. The Labute approximate surface area is 88.0 Å². The van der Waals surface area contributed by atoms with Crippen LogP contribution in [0.25, 0.3) is 0 Å². The summed E-state index contributed by atoms with van der Waals surface area (Å²) in [6, 6.07) is 1.99. The van der Waals surface area contributed by atoms with Gasteiger partial charge in [0.1, 0.15) is 0 Å². The second kappa shape index (κ2) is 5.54. The summed E-state index contributed by atoms with van der Waals surface area (Å²) in [4.78, 5) is 8.55. The molecule has 0 aliphatic carbocycles. The van der Waals surface area contributed by atoms with Crippen LogP contribution in [0.2, 0.25) is 0 Å². The van der Waals surface area contributed by atoms with E-state index >= 15 is 0 Å². The fourth-order valence-electron chi connectivity index (χ4n) is 0.887. The first-order valence-electron chi connectivity index (χ1n) is 3.67. The molecule has 0 atom stereocenters. The van der Waals surface area contributed by atoms with Crippen molar-refractivity contribution in [3.8, 4) is 0 Å². The molecule has 0 amide bonds. The number of aromatic nitrogens is 2. The van der Waals surface area contributed by atoms with Crippen LogP contribution in [0, 0.1) is 13.8 Å². The van der Waals surface area contributed by atoms with Crippen LogP contribution in [0.15, 0.2) is 11.2 Å². The molecule has 0 fully saturated rings. The fourth-order valence-corrected chi connectivity index (χ4v) is 1.56. The van der Waals surface area contributed by atoms with E-state index in [1.807, 2.05) is 19.9 Å². The van der Waals surface area contributed by atoms with Gasteiger partial charge in [-0.3, -0.25) is 0 Å². The smallest absolute Gasteiger partial charge is 0.187 e. The molecule has 0 spiro atoms. The third kappa shape index (κ3) is 3.54. The third-order valence-corrected chi connectivity index (χ3v) is 1.96. The van der Waals surface area contributed by atoms with E-state index in [9.17, 15) is 0 Å². The summed E-state index contributed by atoms with van der Waals surface area (Å²) < 4.78 is 0. The van der Waals surface area contributed by atoms with Gasteiger partial charge >= 0.3 is 0 Å². The molecule has 0 saturated carbocycles. The molecule has 12 heavy (non-hydrogen) atoms. The summed E-state index contributed by atoms with van der Waals surface area (Å²) in [6.45, 7) is 6.09. The molecule has 0 unspecified atom stereocenters. The van der Waals surface area contributed by atoms with Crippen molar-refractivity contribution in [2.75, 3.05) is 5.75 Å². The van der Waals surface area contributed by atoms with Crippen LogP contribution in [0.3, 0.4) is 0 Å². The van der Waals surface area contributed by atoms with Crippen LogP contribution in [0.1, 0.15) is 18.3 Å². The highest BCUT2D eigenvalue weighted by atomic mass is 79.9. The Bertz CT molecular complexity index is 233. The average molecular weight is 249 g/mol. The Kier molecular flexibility index (Phi) is 5.50. The Morgan fingerprint density at radius 2 is 1.75 bits per heavy atom. The molecule has 0 radical (unpaired) electrons. The van der Waals surface area contributed by atoms with E-state index in [2.05, 4.69) is 16.9 Å². The first-order chi connectivity index (χ1) is 5.22. The highest BCUT2D eigenvalue weighted by molar-refractivity contribution is 8.93. The number of hydrogen-bond donors (Lipinski definition) is 0. The summed E-state index contributed by atoms with van der Waals surface area (Å²) in [5.41, 5.74) is 2.10. The number of nitrogens with zero attached hydrogens (tertiary/aromatic N) is 2. The van der Waals surface area contributed by atoms with Gasteiger partial charge in [0.15, 0.2) is 5.16 Å². The molecule has 0 aromatic carbocycles. The van der Waals surface area contributed by atoms with Crippen molar-refractivity contribution >= 4 is 28.7 Å². The van der Waals surface area contributed by atoms with Gasteiger partial charge in [-0.15, -0.1) is 17.0 Å². The van der Waals surface area contributed by atoms with Crippen LogP contribution in [0.4, 0.5) is 0 Å². The van der Waals surface area contributed by atoms with Gasteiger partial charge in [0, 0.05) is 11.4 Å². The van der Waals surface area contributed by atoms with Crippen molar-refractivity contribution in [2.45, 2.75) is 25.9 Å². The van der Waals surface area contributed by atoms with Gasteiger partial charge in [0.2, 0.25) is 0 Å². The minimum Gasteiger partial charge on any atom is -0.228 e. The first-order valence-corrected chi connectivity index (χ1v) is 4.66. The molecule has 0 saturated heterocycles. The lowest BCUT2D eigenvalue weighted by Crippen LogP contribution is -1.92. The number of hydrogen-bond acceptors (Lipinski definition) is 3. The van der Waals surface area contributed by atoms with Gasteiger partial charge in [0.25, 0.3) is 0 Å². The van der Waals surface area contributed by atoms with Gasteiger partial charge in [0.05, 0.1) is 0 Å². The Morgan fingerprint density at radius 1 is 1.25 bits per heavy atom. The van der Waals surface area contributed by atoms with E-state index in [1.165, 1.54) is 0 Å². The maximum Gasteiger partial charge on any atom is 0.187 e. The fraction of sp³-hybridized carbons (Fsp3) is 0.500. The van der Waals surface area contributed by atoms with Crippen LogP contribution < -0.4 is 0 Å². The van der Waals surface area contributed by atoms with Crippen molar-refractivity contribution < 1.29 is 0 Å². The van der Waals surface area contributed by atoms with Crippen LogP contribution >= 0.6 is 28.7 Å². The molecule has 4 heteroatoms. The minimum absolute atomic E-state index is 0. The van der Waals surface area contributed by atoms with Crippen molar-refractivity contribution in [1.82, 2.24) is 9.97 Å². The van der Waals surface area contributed by atoms with Gasteiger partial charge in [-0.2, -0.15) is 0 Å². The summed E-state index contributed by atoms with van der Waals surface area (Å²) >= 11 is 1.68. The molecular formula is C8H13BrN2S. The molecule has 0 bridgehead atoms. The van der Waals surface area contributed by atoms with Crippen LogP contribution in [0.5, 0.6) is 0 Å². The van der Waals surface area contributed by atoms with Crippen molar-refractivity contribution in [2.24, 2.45) is 0 Å². The second-order valence-electron chi connectivity index (χ2n) is 2.37. The zero-order valence-corrected chi connectivity index (χ0v) is 10.0. The summed E-state index contributed by atoms with van der Waals surface area (Å²) in [7, 11) is 0. The maximum absolute atomic E-state index is 4.28. The van der Waals surface area contributed by atoms with Gasteiger partial charge in [-0.05, 0) is 25.7 Å². The predicted molar refractivity (Wildman–Crippen MR) is 58.2 cm³/mol. The van der Waals surface area contributed by atoms with E-state index in [0.717, 1.165) is 22.3 Å². The molecule has 1 aromatic rings. The van der Waals surface area contributed by atoms with Crippen LogP contribution in [-0.4, -0.2) is 15.7 Å². The summed E-state index contributed by atoms with van der Waals surface area (Å²) in [6.07, 6.45) is 0. The van der Waals surface area contributed by atoms with E-state index in [1.54, 1.807) is 11.8 Å². The minimum atomic E-state index is 0. The predicted octanol–water partition coefficient (Wildman–Crippen LogP) is 2.78. The maximum atomic E-state index is 4.28. The molecule has 1 heterocycles. The lowest BCUT2D eigenvalue weighted by atomic mass is 10.4. The lowest BCUT2D eigenvalue weighted by molar-refractivity contribution is 0.902. The van der Waals surface area contributed by atoms with Crippen molar-refractivity contribution in [3.63, 3.8) is 0 Å². The molecule has 1 rings (SSSR count). The largest absolute Gasteiger partial charge is 0.228 e. The van der Waals surface area contributed by atoms with Gasteiger partial charge in [-0.25, -0.2) is 9.97 Å². The molecule has 68 valence electrons. The van der Waals surface area contributed by atoms with E-state index in [4.69, 9.17) is 0 Å². The Morgan fingerprint density at radius 3 is 2.17 bits per heavy atom. The second-order valence-corrected chi connectivity index (χ2v) is 3.60. The normalized spacial score (nSPS) is 9.25. The quantitative estimate of drug-likeness (QED) is 0.595. The molecule has 0 N–H and O–H groups in total. The van der Waals surface area contributed by atoms with E-state index < -0.39 is 0 Å². The number of aryl methyl sites for hydroxylation is 2. The molecule has 2 nitrogen and oxygen atoms in total. The Balaban J connectivity index is 0.00000121. The van der Waals surface area contributed by atoms with Crippen molar-refractivity contribution in [3.05, 3.63) is 17.5 Å². The lowest BCUT2D eigenvalue weighted by Gasteiger charge is -1.99. The summed E-state index contributed by atoms with van der Waals surface area (Å²) in [5, 5.41) is 0.894.